The standard InChI is InChI=1S/C21H23NO4/c1-14-12-19(14)21(24)26-15(2)20(23)22-17-8-10-18(11-9-17)25-13-16-6-4-3-5-7-16/h3-11,14-15,19H,12-13H2,1-2H3,(H,22,23)/t14-,15-,19+/m0/s1. The molecule has 3 atom stereocenters. The summed E-state index contributed by atoms with van der Waals surface area (Å²) >= 11 is 0. The van der Waals surface area contributed by atoms with E-state index in [4.69, 9.17) is 9.47 Å². The van der Waals surface area contributed by atoms with Crippen LogP contribution in [-0.4, -0.2) is 18.0 Å². The van der Waals surface area contributed by atoms with Gasteiger partial charge in [-0.25, -0.2) is 0 Å². The third-order valence-electron chi connectivity index (χ3n) is 4.44. The van der Waals surface area contributed by atoms with E-state index in [1.165, 1.54) is 0 Å². The topological polar surface area (TPSA) is 64.6 Å². The van der Waals surface area contributed by atoms with E-state index in [0.717, 1.165) is 12.0 Å². The zero-order chi connectivity index (χ0) is 18.5. The Hall–Kier alpha value is -2.82. The molecule has 0 aliphatic heterocycles. The molecule has 26 heavy (non-hydrogen) atoms. The Labute approximate surface area is 153 Å². The van der Waals surface area contributed by atoms with E-state index in [1.54, 1.807) is 31.2 Å². The number of ether oxygens (including phenoxy) is 2. The second-order valence-corrected chi connectivity index (χ2v) is 6.69. The van der Waals surface area contributed by atoms with Crippen LogP contribution in [0, 0.1) is 11.8 Å². The molecule has 3 rings (SSSR count). The smallest absolute Gasteiger partial charge is 0.309 e. The van der Waals surface area contributed by atoms with Crippen molar-refractivity contribution >= 4 is 17.6 Å². The van der Waals surface area contributed by atoms with Crippen molar-refractivity contribution in [3.63, 3.8) is 0 Å². The number of benzene rings is 2. The van der Waals surface area contributed by atoms with Gasteiger partial charge in [-0.2, -0.15) is 0 Å². The third-order valence-corrected chi connectivity index (χ3v) is 4.44. The van der Waals surface area contributed by atoms with Gasteiger partial charge in [0.2, 0.25) is 0 Å². The summed E-state index contributed by atoms with van der Waals surface area (Å²) in [6.45, 7) is 4.06. The molecule has 0 bridgehead atoms. The molecule has 5 heteroatoms. The van der Waals surface area contributed by atoms with Crippen molar-refractivity contribution in [2.75, 3.05) is 5.32 Å². The van der Waals surface area contributed by atoms with E-state index >= 15 is 0 Å². The second kappa shape index (κ2) is 8.04. The summed E-state index contributed by atoms with van der Waals surface area (Å²) in [5, 5.41) is 2.75. The van der Waals surface area contributed by atoms with E-state index < -0.39 is 6.10 Å². The van der Waals surface area contributed by atoms with Crippen molar-refractivity contribution in [3.8, 4) is 5.75 Å². The van der Waals surface area contributed by atoms with Crippen LogP contribution in [0.3, 0.4) is 0 Å². The van der Waals surface area contributed by atoms with Crippen molar-refractivity contribution in [2.24, 2.45) is 11.8 Å². The number of esters is 1. The highest BCUT2D eigenvalue weighted by Crippen LogP contribution is 2.38. The largest absolute Gasteiger partial charge is 0.489 e. The number of hydrogen-bond acceptors (Lipinski definition) is 4. The molecule has 0 aromatic heterocycles. The van der Waals surface area contributed by atoms with Gasteiger partial charge >= 0.3 is 5.97 Å². The average molecular weight is 353 g/mol. The molecular formula is C21H23NO4. The molecule has 1 fully saturated rings. The maximum Gasteiger partial charge on any atom is 0.309 e. The molecular weight excluding hydrogens is 330 g/mol. The Balaban J connectivity index is 1.47. The fraction of sp³-hybridized carbons (Fsp3) is 0.333. The van der Waals surface area contributed by atoms with E-state index in [2.05, 4.69) is 5.32 Å². The van der Waals surface area contributed by atoms with Gasteiger partial charge in [0.15, 0.2) is 6.10 Å². The third kappa shape index (κ3) is 4.85. The first-order valence-corrected chi connectivity index (χ1v) is 8.81. The first-order valence-electron chi connectivity index (χ1n) is 8.81. The molecule has 2 aromatic carbocycles. The monoisotopic (exact) mass is 353 g/mol. The minimum absolute atomic E-state index is 0.0497. The lowest BCUT2D eigenvalue weighted by molar-refractivity contribution is -0.154. The SMILES string of the molecule is C[C@H](OC(=O)[C@@H]1C[C@@H]1C)C(=O)Nc1ccc(OCc2ccccc2)cc1. The molecule has 1 amide bonds. The van der Waals surface area contributed by atoms with Gasteiger partial charge in [-0.15, -0.1) is 0 Å². The van der Waals surface area contributed by atoms with Gasteiger partial charge in [0, 0.05) is 5.69 Å². The second-order valence-electron chi connectivity index (χ2n) is 6.69. The molecule has 1 aliphatic rings. The van der Waals surface area contributed by atoms with E-state index in [1.807, 2.05) is 37.3 Å². The summed E-state index contributed by atoms with van der Waals surface area (Å²) in [5.74, 6) is 0.399. The molecule has 0 heterocycles. The molecule has 1 saturated carbocycles. The highest BCUT2D eigenvalue weighted by Gasteiger charge is 2.41. The number of hydrogen-bond donors (Lipinski definition) is 1. The molecule has 0 unspecified atom stereocenters. The Morgan fingerprint density at radius 3 is 2.38 bits per heavy atom. The lowest BCUT2D eigenvalue weighted by Gasteiger charge is -2.14. The Morgan fingerprint density at radius 1 is 1.12 bits per heavy atom. The molecule has 1 aliphatic carbocycles. The Morgan fingerprint density at radius 2 is 1.77 bits per heavy atom. The van der Waals surface area contributed by atoms with Crippen molar-refractivity contribution in [2.45, 2.75) is 33.0 Å². The Bertz CT molecular complexity index is 757. The van der Waals surface area contributed by atoms with Gasteiger partial charge < -0.3 is 14.8 Å². The van der Waals surface area contributed by atoms with Crippen LogP contribution >= 0.6 is 0 Å². The summed E-state index contributed by atoms with van der Waals surface area (Å²) in [5.41, 5.74) is 1.72. The van der Waals surface area contributed by atoms with Crippen LogP contribution in [0.25, 0.3) is 0 Å². The molecule has 0 radical (unpaired) electrons. The minimum Gasteiger partial charge on any atom is -0.489 e. The molecule has 136 valence electrons. The number of anilines is 1. The minimum atomic E-state index is -0.815. The highest BCUT2D eigenvalue weighted by atomic mass is 16.5. The number of amides is 1. The average Bonchev–Trinajstić information content (AvgIpc) is 3.39. The molecule has 1 N–H and O–H groups in total. The van der Waals surface area contributed by atoms with Crippen LogP contribution in [0.1, 0.15) is 25.8 Å². The van der Waals surface area contributed by atoms with Gasteiger partial charge in [-0.05, 0) is 49.1 Å². The summed E-state index contributed by atoms with van der Waals surface area (Å²) < 4.78 is 10.9. The predicted octanol–water partition coefficient (Wildman–Crippen LogP) is 3.79. The zero-order valence-electron chi connectivity index (χ0n) is 15.0. The summed E-state index contributed by atoms with van der Waals surface area (Å²) in [6.07, 6.45) is 0.0294. The van der Waals surface area contributed by atoms with Gasteiger partial charge in [-0.3, -0.25) is 9.59 Å². The maximum atomic E-state index is 12.1. The van der Waals surface area contributed by atoms with Crippen molar-refractivity contribution < 1.29 is 19.1 Å². The van der Waals surface area contributed by atoms with Crippen LogP contribution in [0.2, 0.25) is 0 Å². The van der Waals surface area contributed by atoms with Crippen molar-refractivity contribution in [1.29, 1.82) is 0 Å². The van der Waals surface area contributed by atoms with Gasteiger partial charge in [-0.1, -0.05) is 37.3 Å². The lowest BCUT2D eigenvalue weighted by Crippen LogP contribution is -2.30. The first kappa shape index (κ1) is 18.0. The fourth-order valence-electron chi connectivity index (χ4n) is 2.58. The Kier molecular flexibility index (Phi) is 5.56. The first-order chi connectivity index (χ1) is 12.5. The summed E-state index contributed by atoms with van der Waals surface area (Å²) in [6, 6.07) is 17.0. The van der Waals surface area contributed by atoms with Crippen molar-refractivity contribution in [3.05, 3.63) is 60.2 Å². The van der Waals surface area contributed by atoms with Crippen molar-refractivity contribution in [1.82, 2.24) is 0 Å². The summed E-state index contributed by atoms with van der Waals surface area (Å²) in [7, 11) is 0. The van der Waals surface area contributed by atoms with E-state index in [9.17, 15) is 9.59 Å². The number of carbonyl (C=O) groups excluding carboxylic acids is 2. The molecule has 2 aromatic rings. The predicted molar refractivity (Wildman–Crippen MR) is 98.7 cm³/mol. The van der Waals surface area contributed by atoms with E-state index in [0.29, 0.717) is 24.0 Å². The quantitative estimate of drug-likeness (QED) is 0.769. The van der Waals surface area contributed by atoms with Gasteiger partial charge in [0.1, 0.15) is 12.4 Å². The van der Waals surface area contributed by atoms with Gasteiger partial charge in [0.25, 0.3) is 5.91 Å². The fourth-order valence-corrected chi connectivity index (χ4v) is 2.58. The van der Waals surface area contributed by atoms with E-state index in [-0.39, 0.29) is 17.8 Å². The van der Waals surface area contributed by atoms with Crippen LogP contribution in [0.15, 0.2) is 54.6 Å². The number of nitrogens with one attached hydrogen (secondary N) is 1. The number of carbonyl (C=O) groups is 2. The van der Waals surface area contributed by atoms with Crippen LogP contribution in [0.4, 0.5) is 5.69 Å². The van der Waals surface area contributed by atoms with Crippen LogP contribution in [0.5, 0.6) is 5.75 Å². The lowest BCUT2D eigenvalue weighted by atomic mass is 10.2. The molecule has 0 spiro atoms. The molecule has 0 saturated heterocycles. The normalized spacial score (nSPS) is 19.3. The zero-order valence-corrected chi connectivity index (χ0v) is 15.0. The van der Waals surface area contributed by atoms with Gasteiger partial charge in [0.05, 0.1) is 5.92 Å². The summed E-state index contributed by atoms with van der Waals surface area (Å²) in [4.78, 5) is 23.9. The highest BCUT2D eigenvalue weighted by molar-refractivity contribution is 5.95. The van der Waals surface area contributed by atoms with Crippen LogP contribution in [-0.2, 0) is 20.9 Å². The number of rotatable bonds is 7. The van der Waals surface area contributed by atoms with Crippen LogP contribution < -0.4 is 10.1 Å². The maximum absolute atomic E-state index is 12.1. The molecule has 5 nitrogen and oxygen atoms in total.